The van der Waals surface area contributed by atoms with Crippen LogP contribution in [0, 0.1) is 5.92 Å². The molecular weight excluding hydrogens is 315 g/mol. The van der Waals surface area contributed by atoms with Crippen LogP contribution < -0.4 is 10.6 Å². The molecule has 1 unspecified atom stereocenters. The molecule has 0 aliphatic rings. The summed E-state index contributed by atoms with van der Waals surface area (Å²) in [6, 6.07) is 4.45. The minimum atomic E-state index is -1.36. The van der Waals surface area contributed by atoms with Gasteiger partial charge in [0.2, 0.25) is 5.91 Å². The van der Waals surface area contributed by atoms with E-state index < -0.39 is 12.0 Å². The summed E-state index contributed by atoms with van der Waals surface area (Å²) in [4.78, 5) is 23.1. The maximum atomic E-state index is 11.8. The van der Waals surface area contributed by atoms with Crippen LogP contribution in [0.4, 0.5) is 0 Å². The summed E-state index contributed by atoms with van der Waals surface area (Å²) in [5.41, 5.74) is 0.316. The minimum Gasteiger partial charge on any atom is -0.378 e. The number of amides is 2. The molecular formula is C14H18Cl2N2O3. The molecule has 0 aliphatic carbocycles. The molecule has 116 valence electrons. The molecule has 0 saturated carbocycles. The van der Waals surface area contributed by atoms with Crippen molar-refractivity contribution >= 4 is 35.0 Å². The Kier molecular flexibility index (Phi) is 6.95. The van der Waals surface area contributed by atoms with Gasteiger partial charge in [-0.05, 0) is 23.8 Å². The van der Waals surface area contributed by atoms with Crippen molar-refractivity contribution in [2.45, 2.75) is 20.0 Å². The number of nitrogens with one attached hydrogen (secondary N) is 2. The normalized spacial score (nSPS) is 12.1. The Morgan fingerprint density at radius 2 is 1.52 bits per heavy atom. The standard InChI is InChI=1S/C14H18Cl2N2O3/c1-8(2)13(20)17-3-4-18-14(21)12(19)9-5-10(15)7-11(16)6-9/h5-8,12,19H,3-4H2,1-2H3,(H,17,20)(H,18,21). The maximum absolute atomic E-state index is 11.8. The maximum Gasteiger partial charge on any atom is 0.253 e. The number of halogens is 2. The highest BCUT2D eigenvalue weighted by atomic mass is 35.5. The largest absolute Gasteiger partial charge is 0.378 e. The van der Waals surface area contributed by atoms with Crippen LogP contribution in [0.2, 0.25) is 10.0 Å². The molecule has 1 atom stereocenters. The summed E-state index contributed by atoms with van der Waals surface area (Å²) in [6.07, 6.45) is -1.36. The van der Waals surface area contributed by atoms with Crippen molar-refractivity contribution in [3.63, 3.8) is 0 Å². The summed E-state index contributed by atoms with van der Waals surface area (Å²) >= 11 is 11.6. The van der Waals surface area contributed by atoms with Gasteiger partial charge in [0.15, 0.2) is 6.10 Å². The highest BCUT2D eigenvalue weighted by molar-refractivity contribution is 6.34. The third kappa shape index (κ3) is 5.91. The van der Waals surface area contributed by atoms with Crippen LogP contribution in [0.1, 0.15) is 25.5 Å². The van der Waals surface area contributed by atoms with Crippen LogP contribution >= 0.6 is 23.2 Å². The second kappa shape index (κ2) is 8.22. The zero-order valence-corrected chi connectivity index (χ0v) is 13.3. The first-order valence-corrected chi connectivity index (χ1v) is 7.26. The third-order valence-electron chi connectivity index (χ3n) is 2.70. The number of carbonyl (C=O) groups is 2. The van der Waals surface area contributed by atoms with Crippen molar-refractivity contribution in [2.24, 2.45) is 5.92 Å². The molecule has 5 nitrogen and oxygen atoms in total. The summed E-state index contributed by atoms with van der Waals surface area (Å²) in [6.45, 7) is 4.08. The van der Waals surface area contributed by atoms with Gasteiger partial charge in [0.25, 0.3) is 5.91 Å². The van der Waals surface area contributed by atoms with E-state index in [9.17, 15) is 14.7 Å². The Bertz CT molecular complexity index is 501. The molecule has 7 heteroatoms. The van der Waals surface area contributed by atoms with E-state index in [2.05, 4.69) is 10.6 Å². The summed E-state index contributed by atoms with van der Waals surface area (Å²) in [5, 5.41) is 15.8. The van der Waals surface area contributed by atoms with Crippen molar-refractivity contribution in [3.8, 4) is 0 Å². The minimum absolute atomic E-state index is 0.0913. The van der Waals surface area contributed by atoms with E-state index >= 15 is 0 Å². The molecule has 2 amide bonds. The Morgan fingerprint density at radius 1 is 1.05 bits per heavy atom. The van der Waals surface area contributed by atoms with Crippen molar-refractivity contribution in [1.82, 2.24) is 10.6 Å². The molecule has 0 saturated heterocycles. The lowest BCUT2D eigenvalue weighted by molar-refractivity contribution is -0.130. The van der Waals surface area contributed by atoms with E-state index in [-0.39, 0.29) is 18.4 Å². The third-order valence-corrected chi connectivity index (χ3v) is 3.13. The lowest BCUT2D eigenvalue weighted by Crippen LogP contribution is -2.38. The number of hydrogen-bond acceptors (Lipinski definition) is 3. The van der Waals surface area contributed by atoms with Gasteiger partial charge in [-0.2, -0.15) is 0 Å². The fourth-order valence-corrected chi connectivity index (χ4v) is 2.10. The number of carbonyl (C=O) groups excluding carboxylic acids is 2. The second-order valence-corrected chi connectivity index (χ2v) is 5.71. The molecule has 0 heterocycles. The number of hydrogen-bond donors (Lipinski definition) is 3. The van der Waals surface area contributed by atoms with Gasteiger partial charge in [0.1, 0.15) is 0 Å². The van der Waals surface area contributed by atoms with Crippen LogP contribution in [-0.4, -0.2) is 30.0 Å². The Labute approximate surface area is 133 Å². The van der Waals surface area contributed by atoms with Gasteiger partial charge >= 0.3 is 0 Å². The molecule has 0 aromatic heterocycles. The molecule has 0 spiro atoms. The van der Waals surface area contributed by atoms with Gasteiger partial charge in [-0.1, -0.05) is 37.0 Å². The van der Waals surface area contributed by atoms with Crippen molar-refractivity contribution in [2.75, 3.05) is 13.1 Å². The molecule has 0 aliphatic heterocycles. The quantitative estimate of drug-likeness (QED) is 0.696. The molecule has 1 aromatic rings. The molecule has 1 aromatic carbocycles. The predicted molar refractivity (Wildman–Crippen MR) is 82.3 cm³/mol. The first-order valence-electron chi connectivity index (χ1n) is 6.50. The van der Waals surface area contributed by atoms with Gasteiger partial charge in [-0.15, -0.1) is 0 Å². The van der Waals surface area contributed by atoms with Crippen LogP contribution in [0.15, 0.2) is 18.2 Å². The van der Waals surface area contributed by atoms with Crippen LogP contribution in [0.5, 0.6) is 0 Å². The smallest absolute Gasteiger partial charge is 0.253 e. The monoisotopic (exact) mass is 332 g/mol. The zero-order chi connectivity index (χ0) is 16.0. The number of aliphatic hydroxyl groups is 1. The molecule has 0 fully saturated rings. The predicted octanol–water partition coefficient (Wildman–Crippen LogP) is 1.92. The number of benzene rings is 1. The van der Waals surface area contributed by atoms with E-state index in [0.29, 0.717) is 22.2 Å². The Balaban J connectivity index is 2.46. The molecule has 1 rings (SSSR count). The highest BCUT2D eigenvalue weighted by Gasteiger charge is 2.18. The van der Waals surface area contributed by atoms with E-state index in [4.69, 9.17) is 23.2 Å². The number of aliphatic hydroxyl groups excluding tert-OH is 1. The van der Waals surface area contributed by atoms with Crippen LogP contribution in [-0.2, 0) is 9.59 Å². The van der Waals surface area contributed by atoms with Gasteiger partial charge < -0.3 is 15.7 Å². The number of rotatable bonds is 6. The SMILES string of the molecule is CC(C)C(=O)NCCNC(=O)C(O)c1cc(Cl)cc(Cl)c1. The van der Waals surface area contributed by atoms with Gasteiger partial charge in [-0.3, -0.25) is 9.59 Å². The second-order valence-electron chi connectivity index (χ2n) is 4.84. The van der Waals surface area contributed by atoms with E-state index in [1.807, 2.05) is 0 Å². The summed E-state index contributed by atoms with van der Waals surface area (Å²) in [5.74, 6) is -0.779. The van der Waals surface area contributed by atoms with Gasteiger partial charge in [-0.25, -0.2) is 0 Å². The van der Waals surface area contributed by atoms with E-state index in [0.717, 1.165) is 0 Å². The Hall–Kier alpha value is -1.30. The van der Waals surface area contributed by atoms with Gasteiger partial charge in [0.05, 0.1) is 0 Å². The molecule has 21 heavy (non-hydrogen) atoms. The lowest BCUT2D eigenvalue weighted by Gasteiger charge is -2.13. The van der Waals surface area contributed by atoms with E-state index in [1.54, 1.807) is 13.8 Å². The zero-order valence-electron chi connectivity index (χ0n) is 11.8. The highest BCUT2D eigenvalue weighted by Crippen LogP contribution is 2.23. The first kappa shape index (κ1) is 17.8. The molecule has 3 N–H and O–H groups in total. The average Bonchev–Trinajstić information content (AvgIpc) is 2.40. The lowest BCUT2D eigenvalue weighted by atomic mass is 10.1. The summed E-state index contributed by atoms with van der Waals surface area (Å²) < 4.78 is 0. The van der Waals surface area contributed by atoms with Crippen molar-refractivity contribution < 1.29 is 14.7 Å². The summed E-state index contributed by atoms with van der Waals surface area (Å²) in [7, 11) is 0. The Morgan fingerprint density at radius 3 is 2.00 bits per heavy atom. The van der Waals surface area contributed by atoms with Crippen LogP contribution in [0.25, 0.3) is 0 Å². The topological polar surface area (TPSA) is 78.4 Å². The molecule has 0 radical (unpaired) electrons. The van der Waals surface area contributed by atoms with Crippen molar-refractivity contribution in [1.29, 1.82) is 0 Å². The fraction of sp³-hybridized carbons (Fsp3) is 0.429. The van der Waals surface area contributed by atoms with Gasteiger partial charge in [0, 0.05) is 29.1 Å². The van der Waals surface area contributed by atoms with E-state index in [1.165, 1.54) is 18.2 Å². The fourth-order valence-electron chi connectivity index (χ4n) is 1.56. The molecule has 0 bridgehead atoms. The van der Waals surface area contributed by atoms with Crippen molar-refractivity contribution in [3.05, 3.63) is 33.8 Å². The average molecular weight is 333 g/mol. The van der Waals surface area contributed by atoms with Crippen LogP contribution in [0.3, 0.4) is 0 Å². The first-order chi connectivity index (χ1) is 9.81.